The van der Waals surface area contributed by atoms with Gasteiger partial charge >= 0.3 is 5.97 Å². The maximum absolute atomic E-state index is 10.7. The van der Waals surface area contributed by atoms with Gasteiger partial charge in [-0.1, -0.05) is 24.3 Å². The van der Waals surface area contributed by atoms with Crippen molar-refractivity contribution in [1.82, 2.24) is 0 Å². The number of carboxylic acid groups (broad SMARTS) is 1. The minimum absolute atomic E-state index is 0.267. The third-order valence-corrected chi connectivity index (χ3v) is 2.58. The SMILES string of the molecule is Cc1cccc(N/N=C\c2ccc(C(=O)O)cc2)c1. The minimum atomic E-state index is -0.929. The molecule has 2 rings (SSSR count). The molecule has 0 atom stereocenters. The van der Waals surface area contributed by atoms with Crippen LogP contribution in [0.3, 0.4) is 0 Å². The van der Waals surface area contributed by atoms with Gasteiger partial charge in [0.15, 0.2) is 0 Å². The van der Waals surface area contributed by atoms with Crippen molar-refractivity contribution in [3.05, 3.63) is 65.2 Å². The summed E-state index contributed by atoms with van der Waals surface area (Å²) in [4.78, 5) is 10.7. The van der Waals surface area contributed by atoms with Crippen LogP contribution in [0.1, 0.15) is 21.5 Å². The summed E-state index contributed by atoms with van der Waals surface area (Å²) in [6, 6.07) is 14.4. The summed E-state index contributed by atoms with van der Waals surface area (Å²) < 4.78 is 0. The van der Waals surface area contributed by atoms with Gasteiger partial charge in [-0.3, -0.25) is 5.43 Å². The Kier molecular flexibility index (Phi) is 3.93. The van der Waals surface area contributed by atoms with Gasteiger partial charge in [-0.05, 0) is 42.3 Å². The van der Waals surface area contributed by atoms with E-state index < -0.39 is 5.97 Å². The number of nitrogens with zero attached hydrogens (tertiary/aromatic N) is 1. The van der Waals surface area contributed by atoms with Crippen LogP contribution in [0.25, 0.3) is 0 Å². The third kappa shape index (κ3) is 3.67. The van der Waals surface area contributed by atoms with Gasteiger partial charge in [-0.15, -0.1) is 0 Å². The van der Waals surface area contributed by atoms with Gasteiger partial charge < -0.3 is 5.11 Å². The molecule has 0 saturated carbocycles. The van der Waals surface area contributed by atoms with Crippen molar-refractivity contribution in [3.8, 4) is 0 Å². The number of hydrogen-bond acceptors (Lipinski definition) is 3. The van der Waals surface area contributed by atoms with E-state index >= 15 is 0 Å². The number of carbonyl (C=O) groups is 1. The van der Waals surface area contributed by atoms with Crippen molar-refractivity contribution in [3.63, 3.8) is 0 Å². The highest BCUT2D eigenvalue weighted by Crippen LogP contribution is 2.09. The summed E-state index contributed by atoms with van der Waals surface area (Å²) in [5.41, 5.74) is 6.10. The van der Waals surface area contributed by atoms with Gasteiger partial charge in [0.05, 0.1) is 17.5 Å². The highest BCUT2D eigenvalue weighted by molar-refractivity contribution is 5.89. The highest BCUT2D eigenvalue weighted by Gasteiger charge is 2.00. The van der Waals surface area contributed by atoms with E-state index in [9.17, 15) is 4.79 Å². The molecule has 0 aliphatic carbocycles. The zero-order chi connectivity index (χ0) is 13.7. The van der Waals surface area contributed by atoms with Crippen LogP contribution < -0.4 is 5.43 Å². The second-order valence-corrected chi connectivity index (χ2v) is 4.17. The predicted octanol–water partition coefficient (Wildman–Crippen LogP) is 3.14. The smallest absolute Gasteiger partial charge is 0.335 e. The first-order chi connectivity index (χ1) is 9.15. The van der Waals surface area contributed by atoms with E-state index in [0.717, 1.165) is 16.8 Å². The monoisotopic (exact) mass is 254 g/mol. The Morgan fingerprint density at radius 2 is 1.95 bits per heavy atom. The molecule has 2 N–H and O–H groups in total. The molecule has 0 fully saturated rings. The van der Waals surface area contributed by atoms with Crippen LogP contribution >= 0.6 is 0 Å². The fourth-order valence-corrected chi connectivity index (χ4v) is 1.61. The maximum Gasteiger partial charge on any atom is 0.335 e. The van der Waals surface area contributed by atoms with E-state index in [1.807, 2.05) is 31.2 Å². The number of hydrogen-bond donors (Lipinski definition) is 2. The van der Waals surface area contributed by atoms with Crippen LogP contribution in [0.5, 0.6) is 0 Å². The molecule has 0 radical (unpaired) electrons. The summed E-state index contributed by atoms with van der Waals surface area (Å²) in [6.07, 6.45) is 1.65. The van der Waals surface area contributed by atoms with Crippen molar-refractivity contribution in [2.45, 2.75) is 6.92 Å². The number of aromatic carboxylic acids is 1. The van der Waals surface area contributed by atoms with Gasteiger partial charge in [0, 0.05) is 0 Å². The van der Waals surface area contributed by atoms with Crippen LogP contribution in [0, 0.1) is 6.92 Å². The van der Waals surface area contributed by atoms with Crippen molar-refractivity contribution in [2.24, 2.45) is 5.10 Å². The molecule has 0 amide bonds. The fraction of sp³-hybridized carbons (Fsp3) is 0.0667. The average molecular weight is 254 g/mol. The molecular formula is C15H14N2O2. The van der Waals surface area contributed by atoms with Gasteiger partial charge in [-0.25, -0.2) is 4.79 Å². The number of benzene rings is 2. The molecule has 0 aromatic heterocycles. The van der Waals surface area contributed by atoms with Crippen LogP contribution in [0.4, 0.5) is 5.69 Å². The van der Waals surface area contributed by atoms with E-state index in [4.69, 9.17) is 5.11 Å². The van der Waals surface area contributed by atoms with E-state index in [1.54, 1.807) is 30.5 Å². The molecule has 0 saturated heterocycles. The van der Waals surface area contributed by atoms with Crippen LogP contribution in [0.15, 0.2) is 53.6 Å². The lowest BCUT2D eigenvalue weighted by atomic mass is 10.1. The van der Waals surface area contributed by atoms with E-state index in [0.29, 0.717) is 0 Å². The number of aryl methyl sites for hydroxylation is 1. The molecule has 2 aromatic carbocycles. The quantitative estimate of drug-likeness (QED) is 0.651. The number of hydrazone groups is 1. The Morgan fingerprint density at radius 1 is 1.21 bits per heavy atom. The van der Waals surface area contributed by atoms with Gasteiger partial charge in [0.1, 0.15) is 0 Å². The van der Waals surface area contributed by atoms with Crippen LogP contribution in [-0.2, 0) is 0 Å². The van der Waals surface area contributed by atoms with Crippen LogP contribution in [-0.4, -0.2) is 17.3 Å². The largest absolute Gasteiger partial charge is 0.478 e. The van der Waals surface area contributed by atoms with Gasteiger partial charge in [0.2, 0.25) is 0 Å². The summed E-state index contributed by atoms with van der Waals surface area (Å²) in [5, 5.41) is 12.9. The van der Waals surface area contributed by atoms with Gasteiger partial charge in [0.25, 0.3) is 0 Å². The normalized spacial score (nSPS) is 10.6. The molecule has 0 spiro atoms. The number of rotatable bonds is 4. The van der Waals surface area contributed by atoms with Crippen molar-refractivity contribution in [2.75, 3.05) is 5.43 Å². The van der Waals surface area contributed by atoms with Crippen molar-refractivity contribution >= 4 is 17.9 Å². The first kappa shape index (κ1) is 12.8. The molecule has 4 nitrogen and oxygen atoms in total. The predicted molar refractivity (Wildman–Crippen MR) is 75.8 cm³/mol. The average Bonchev–Trinajstić information content (AvgIpc) is 2.39. The standard InChI is InChI=1S/C15H14N2O2/c1-11-3-2-4-14(9-11)17-16-10-12-5-7-13(8-6-12)15(18)19/h2-10,17H,1H3,(H,18,19)/b16-10-. The number of nitrogens with one attached hydrogen (secondary N) is 1. The number of carboxylic acids is 1. The Hall–Kier alpha value is -2.62. The third-order valence-electron chi connectivity index (χ3n) is 2.58. The zero-order valence-electron chi connectivity index (χ0n) is 10.5. The van der Waals surface area contributed by atoms with E-state index in [-0.39, 0.29) is 5.56 Å². The van der Waals surface area contributed by atoms with E-state index in [1.165, 1.54) is 0 Å². The summed E-state index contributed by atoms with van der Waals surface area (Å²) in [7, 11) is 0. The topological polar surface area (TPSA) is 61.7 Å². The lowest BCUT2D eigenvalue weighted by molar-refractivity contribution is 0.0697. The highest BCUT2D eigenvalue weighted by atomic mass is 16.4. The molecule has 0 aliphatic heterocycles. The lowest BCUT2D eigenvalue weighted by Crippen LogP contribution is -1.96. The summed E-state index contributed by atoms with van der Waals surface area (Å²) >= 11 is 0. The molecule has 0 unspecified atom stereocenters. The Labute approximate surface area is 111 Å². The molecular weight excluding hydrogens is 240 g/mol. The zero-order valence-corrected chi connectivity index (χ0v) is 10.5. The molecule has 19 heavy (non-hydrogen) atoms. The molecule has 2 aromatic rings. The molecule has 96 valence electrons. The van der Waals surface area contributed by atoms with Crippen molar-refractivity contribution < 1.29 is 9.90 Å². The second-order valence-electron chi connectivity index (χ2n) is 4.17. The van der Waals surface area contributed by atoms with Gasteiger partial charge in [-0.2, -0.15) is 5.10 Å². The van der Waals surface area contributed by atoms with E-state index in [2.05, 4.69) is 10.5 Å². The Morgan fingerprint density at radius 3 is 2.58 bits per heavy atom. The molecule has 4 heteroatoms. The summed E-state index contributed by atoms with van der Waals surface area (Å²) in [5.74, 6) is -0.929. The molecule has 0 heterocycles. The fourth-order valence-electron chi connectivity index (χ4n) is 1.61. The lowest BCUT2D eigenvalue weighted by Gasteiger charge is -2.01. The first-order valence-corrected chi connectivity index (χ1v) is 5.84. The number of anilines is 1. The first-order valence-electron chi connectivity index (χ1n) is 5.84. The Bertz CT molecular complexity index is 604. The molecule has 0 aliphatic rings. The van der Waals surface area contributed by atoms with Crippen LogP contribution in [0.2, 0.25) is 0 Å². The summed E-state index contributed by atoms with van der Waals surface area (Å²) in [6.45, 7) is 2.01. The second kappa shape index (κ2) is 5.82. The minimum Gasteiger partial charge on any atom is -0.478 e. The Balaban J connectivity index is 2.01. The maximum atomic E-state index is 10.7. The molecule has 0 bridgehead atoms. The van der Waals surface area contributed by atoms with Crippen molar-refractivity contribution in [1.29, 1.82) is 0 Å².